The van der Waals surface area contributed by atoms with E-state index in [4.69, 9.17) is 24.0 Å². The summed E-state index contributed by atoms with van der Waals surface area (Å²) in [5.74, 6) is 2.28. The van der Waals surface area contributed by atoms with E-state index in [0.29, 0.717) is 17.4 Å². The summed E-state index contributed by atoms with van der Waals surface area (Å²) in [6.45, 7) is 2.15. The minimum absolute atomic E-state index is 0.180. The van der Waals surface area contributed by atoms with Gasteiger partial charge in [-0.1, -0.05) is 42.5 Å². The molecule has 1 aromatic heterocycles. The maximum absolute atomic E-state index is 10.8. The molecule has 0 bridgehead atoms. The Hall–Kier alpha value is -4.44. The van der Waals surface area contributed by atoms with Crippen molar-refractivity contribution in [1.82, 2.24) is 9.78 Å². The molecule has 0 spiro atoms. The van der Waals surface area contributed by atoms with E-state index in [1.165, 1.54) is 0 Å². The summed E-state index contributed by atoms with van der Waals surface area (Å²) in [5.41, 5.74) is 3.34. The van der Waals surface area contributed by atoms with Gasteiger partial charge in [0.2, 0.25) is 5.88 Å². The molecule has 0 aliphatic carbocycles. The first kappa shape index (κ1) is 22.1. The lowest BCUT2D eigenvalue weighted by Gasteiger charge is -2.47. The van der Waals surface area contributed by atoms with Gasteiger partial charge >= 0.3 is 0 Å². The Balaban J connectivity index is 1.63. The van der Waals surface area contributed by atoms with E-state index in [1.807, 2.05) is 84.4 Å². The van der Waals surface area contributed by atoms with Crippen molar-refractivity contribution in [1.29, 1.82) is 5.26 Å². The molecule has 36 heavy (non-hydrogen) atoms. The summed E-state index contributed by atoms with van der Waals surface area (Å²) in [4.78, 5) is 0. The third-order valence-electron chi connectivity index (χ3n) is 7.18. The second-order valence-electron chi connectivity index (χ2n) is 9.08. The number of nitriles is 1. The van der Waals surface area contributed by atoms with E-state index < -0.39 is 11.5 Å². The molecule has 0 saturated carbocycles. The van der Waals surface area contributed by atoms with Crippen LogP contribution in [0.5, 0.6) is 23.1 Å². The zero-order chi connectivity index (χ0) is 24.9. The Labute approximate surface area is 209 Å². The molecular weight excluding hydrogens is 454 g/mol. The Bertz CT molecular complexity index is 1490. The third-order valence-corrected chi connectivity index (χ3v) is 7.18. The summed E-state index contributed by atoms with van der Waals surface area (Å²) in [7, 11) is 3.19. The van der Waals surface area contributed by atoms with Crippen LogP contribution in [-0.4, -0.2) is 30.6 Å². The van der Waals surface area contributed by atoms with Gasteiger partial charge in [0.25, 0.3) is 0 Å². The van der Waals surface area contributed by atoms with Crippen molar-refractivity contribution in [2.24, 2.45) is 5.41 Å². The van der Waals surface area contributed by atoms with Crippen LogP contribution in [-0.2, 0) is 0 Å². The third kappa shape index (κ3) is 3.07. The predicted molar refractivity (Wildman–Crippen MR) is 133 cm³/mol. The minimum atomic E-state index is -1.03. The fourth-order valence-electron chi connectivity index (χ4n) is 5.51. The van der Waals surface area contributed by atoms with Crippen LogP contribution < -0.4 is 18.9 Å². The zero-order valence-corrected chi connectivity index (χ0v) is 20.3. The van der Waals surface area contributed by atoms with Crippen LogP contribution in [0.25, 0.3) is 5.69 Å². The van der Waals surface area contributed by atoms with Gasteiger partial charge in [0.1, 0.15) is 23.9 Å². The van der Waals surface area contributed by atoms with Gasteiger partial charge in [0.15, 0.2) is 11.5 Å². The van der Waals surface area contributed by atoms with Crippen LogP contribution in [0.15, 0.2) is 72.8 Å². The highest BCUT2D eigenvalue weighted by molar-refractivity contribution is 5.57. The number of methoxy groups -OCH3 is 2. The van der Waals surface area contributed by atoms with Crippen LogP contribution in [0, 0.1) is 23.7 Å². The number of para-hydroxylation sites is 2. The van der Waals surface area contributed by atoms with Crippen LogP contribution >= 0.6 is 0 Å². The first-order chi connectivity index (χ1) is 17.6. The van der Waals surface area contributed by atoms with Gasteiger partial charge in [0.05, 0.1) is 31.7 Å². The van der Waals surface area contributed by atoms with Crippen molar-refractivity contribution < 1.29 is 18.9 Å². The Morgan fingerprint density at radius 2 is 1.75 bits per heavy atom. The number of hydrogen-bond donors (Lipinski definition) is 0. The molecule has 2 aliphatic rings. The number of nitrogens with zero attached hydrogens (tertiary/aromatic N) is 3. The predicted octanol–water partition coefficient (Wildman–Crippen LogP) is 5.37. The minimum Gasteiger partial charge on any atom is -0.493 e. The fraction of sp³-hybridized carbons (Fsp3) is 0.241. The molecule has 0 amide bonds. The van der Waals surface area contributed by atoms with E-state index in [2.05, 4.69) is 6.07 Å². The summed E-state index contributed by atoms with van der Waals surface area (Å²) in [6.07, 6.45) is -0.647. The lowest BCUT2D eigenvalue weighted by molar-refractivity contribution is -0.000608. The zero-order valence-electron chi connectivity index (χ0n) is 20.3. The van der Waals surface area contributed by atoms with Crippen LogP contribution in [0.3, 0.4) is 0 Å². The van der Waals surface area contributed by atoms with Crippen molar-refractivity contribution in [2.45, 2.75) is 18.9 Å². The molecule has 3 aromatic carbocycles. The SMILES string of the molecule is COc1ccc([C@@H]2Oc3c(c(C)nn3-c3ccccc3)[C@H]3c4ccccc4OC[C@]32C#N)cc1OC. The van der Waals surface area contributed by atoms with E-state index >= 15 is 0 Å². The molecule has 0 N–H and O–H groups in total. The number of benzene rings is 3. The summed E-state index contributed by atoms with van der Waals surface area (Å²) < 4.78 is 25.8. The highest BCUT2D eigenvalue weighted by Crippen LogP contribution is 2.61. The summed E-state index contributed by atoms with van der Waals surface area (Å²) in [6, 6.07) is 26.1. The van der Waals surface area contributed by atoms with E-state index in [9.17, 15) is 5.26 Å². The molecule has 7 nitrogen and oxygen atoms in total. The summed E-state index contributed by atoms with van der Waals surface area (Å²) >= 11 is 0. The molecule has 4 aromatic rings. The average molecular weight is 480 g/mol. The van der Waals surface area contributed by atoms with E-state index in [0.717, 1.165) is 33.8 Å². The van der Waals surface area contributed by atoms with E-state index in [1.54, 1.807) is 14.2 Å². The maximum Gasteiger partial charge on any atom is 0.221 e. The molecule has 6 rings (SSSR count). The maximum atomic E-state index is 10.8. The van der Waals surface area contributed by atoms with Crippen LogP contribution in [0.2, 0.25) is 0 Å². The van der Waals surface area contributed by atoms with Gasteiger partial charge < -0.3 is 18.9 Å². The van der Waals surface area contributed by atoms with Gasteiger partial charge in [-0.2, -0.15) is 10.4 Å². The molecular formula is C29H25N3O4. The first-order valence-electron chi connectivity index (χ1n) is 11.8. The number of aryl methyl sites for hydroxylation is 1. The monoisotopic (exact) mass is 479 g/mol. The molecule has 180 valence electrons. The van der Waals surface area contributed by atoms with Gasteiger partial charge in [-0.15, -0.1) is 0 Å². The Kier molecular flexibility index (Phi) is 5.11. The lowest BCUT2D eigenvalue weighted by atomic mass is 9.62. The molecule has 3 heterocycles. The topological polar surface area (TPSA) is 78.5 Å². The second-order valence-corrected chi connectivity index (χ2v) is 9.08. The van der Waals surface area contributed by atoms with Crippen molar-refractivity contribution in [2.75, 3.05) is 20.8 Å². The van der Waals surface area contributed by atoms with Crippen LogP contribution in [0.4, 0.5) is 0 Å². The second kappa shape index (κ2) is 8.35. The van der Waals surface area contributed by atoms with Gasteiger partial charge in [-0.25, -0.2) is 4.68 Å². The van der Waals surface area contributed by atoms with Crippen molar-refractivity contribution in [3.8, 4) is 34.9 Å². The first-order valence-corrected chi connectivity index (χ1v) is 11.8. The standard InChI is InChI=1S/C29H25N3O4/c1-18-25-26-21-11-7-8-12-22(21)35-17-29(26,16-30)27(19-13-14-23(33-2)24(15-19)34-3)36-28(25)32(31-18)20-9-5-4-6-10-20/h4-15,26-27H,17H2,1-3H3/t26-,27+,29-/m1/s1. The molecule has 0 saturated heterocycles. The Morgan fingerprint density at radius 1 is 1.00 bits per heavy atom. The van der Waals surface area contributed by atoms with Gasteiger partial charge in [-0.05, 0) is 42.8 Å². The molecule has 3 atom stereocenters. The average Bonchev–Trinajstić information content (AvgIpc) is 3.27. The summed E-state index contributed by atoms with van der Waals surface area (Å²) in [5, 5.41) is 15.7. The molecule has 0 unspecified atom stereocenters. The largest absolute Gasteiger partial charge is 0.493 e. The van der Waals surface area contributed by atoms with Crippen molar-refractivity contribution in [3.05, 3.63) is 95.2 Å². The number of ether oxygens (including phenoxy) is 4. The smallest absolute Gasteiger partial charge is 0.221 e. The number of hydrogen-bond acceptors (Lipinski definition) is 6. The molecule has 0 fully saturated rings. The van der Waals surface area contributed by atoms with Crippen molar-refractivity contribution >= 4 is 0 Å². The van der Waals surface area contributed by atoms with Crippen molar-refractivity contribution in [3.63, 3.8) is 0 Å². The lowest BCUT2D eigenvalue weighted by Crippen LogP contribution is -2.48. The number of rotatable bonds is 4. The molecule has 0 radical (unpaired) electrons. The quantitative estimate of drug-likeness (QED) is 0.392. The highest BCUT2D eigenvalue weighted by atomic mass is 16.5. The molecule has 2 aliphatic heterocycles. The number of fused-ring (bicyclic) bond motifs is 5. The van der Waals surface area contributed by atoms with E-state index in [-0.39, 0.29) is 12.5 Å². The highest BCUT2D eigenvalue weighted by Gasteiger charge is 2.59. The van der Waals surface area contributed by atoms with Gasteiger partial charge in [-0.3, -0.25) is 0 Å². The number of aromatic nitrogens is 2. The fourth-order valence-corrected chi connectivity index (χ4v) is 5.51. The molecule has 7 heteroatoms. The Morgan fingerprint density at radius 3 is 2.50 bits per heavy atom. The normalized spacial score (nSPS) is 21.6. The van der Waals surface area contributed by atoms with Gasteiger partial charge in [0, 0.05) is 17.0 Å². The van der Waals surface area contributed by atoms with Crippen LogP contribution in [0.1, 0.15) is 34.4 Å².